The highest BCUT2D eigenvalue weighted by Gasteiger charge is 2.10. The number of rotatable bonds is 13. The Balaban J connectivity index is 0.000000309. The van der Waals surface area contributed by atoms with Crippen molar-refractivity contribution >= 4 is 23.7 Å². The zero-order chi connectivity index (χ0) is 31.5. The average Bonchev–Trinajstić information content (AvgIpc) is 3.03. The van der Waals surface area contributed by atoms with Crippen molar-refractivity contribution in [3.8, 4) is 17.2 Å². The first-order valence-electron chi connectivity index (χ1n) is 14.0. The summed E-state index contributed by atoms with van der Waals surface area (Å²) in [4.78, 5) is 35.1. The molecule has 0 radical (unpaired) electrons. The highest BCUT2D eigenvalue weighted by molar-refractivity contribution is 6.00. The van der Waals surface area contributed by atoms with Gasteiger partial charge in [-0.1, -0.05) is 50.3 Å². The van der Waals surface area contributed by atoms with Crippen molar-refractivity contribution in [2.24, 2.45) is 16.7 Å². The largest absolute Gasteiger partial charge is 0.497 e. The van der Waals surface area contributed by atoms with Crippen molar-refractivity contribution in [2.75, 3.05) is 20.3 Å². The number of hydrogen-bond donors (Lipinski definition) is 4. The summed E-state index contributed by atoms with van der Waals surface area (Å²) >= 11 is 0. The first kappa shape index (κ1) is 34.1. The number of carbonyl (C=O) groups is 3. The molecule has 0 saturated heterocycles. The van der Waals surface area contributed by atoms with E-state index in [0.29, 0.717) is 22.6 Å². The van der Waals surface area contributed by atoms with Crippen LogP contribution < -0.4 is 36.4 Å². The van der Waals surface area contributed by atoms with Crippen LogP contribution in [-0.4, -0.2) is 44.0 Å². The summed E-state index contributed by atoms with van der Waals surface area (Å²) < 4.78 is 16.0. The number of benzene rings is 3. The zero-order valence-electron chi connectivity index (χ0n) is 24.9. The van der Waals surface area contributed by atoms with E-state index >= 15 is 0 Å². The van der Waals surface area contributed by atoms with Gasteiger partial charge >= 0.3 is 5.97 Å². The molecule has 0 bridgehead atoms. The average molecular weight is 592 g/mol. The van der Waals surface area contributed by atoms with Crippen LogP contribution in [0.15, 0.2) is 77.9 Å². The molecule has 2 amide bonds. The first-order valence-corrected chi connectivity index (χ1v) is 14.0. The van der Waals surface area contributed by atoms with Gasteiger partial charge in [0.25, 0.3) is 5.91 Å². The number of nitrogens with two attached hydrogens (primary N) is 2. The number of unbranched alkanes of at least 4 members (excludes halogenated alkanes) is 4. The molecule has 0 aliphatic carbocycles. The number of nitrogens with one attached hydrogen (secondary N) is 2. The molecule has 0 heterocycles. The molecule has 43 heavy (non-hydrogen) atoms. The summed E-state index contributed by atoms with van der Waals surface area (Å²) in [5, 5.41) is 7.67. The van der Waals surface area contributed by atoms with Crippen LogP contribution in [0.4, 0.5) is 0 Å². The monoisotopic (exact) mass is 591 g/mol. The zero-order valence-corrected chi connectivity index (χ0v) is 24.9. The third-order valence-corrected chi connectivity index (χ3v) is 6.01. The van der Waals surface area contributed by atoms with Crippen molar-refractivity contribution in [3.05, 3.63) is 89.5 Å². The summed E-state index contributed by atoms with van der Waals surface area (Å²) in [6.45, 7) is 4.69. The highest BCUT2D eigenvalue weighted by atomic mass is 16.5. The van der Waals surface area contributed by atoms with Crippen LogP contribution in [-0.2, 0) is 4.79 Å². The van der Waals surface area contributed by atoms with Gasteiger partial charge in [-0.2, -0.15) is 0 Å². The number of esters is 1. The minimum atomic E-state index is -0.520. The normalized spacial score (nSPS) is 10.5. The van der Waals surface area contributed by atoms with Gasteiger partial charge in [0.2, 0.25) is 11.9 Å². The molecule has 3 rings (SSSR count). The highest BCUT2D eigenvalue weighted by Crippen LogP contribution is 2.17. The fourth-order valence-electron chi connectivity index (χ4n) is 3.58. The Bertz CT molecular complexity index is 1310. The van der Waals surface area contributed by atoms with Crippen LogP contribution in [0, 0.1) is 6.92 Å². The van der Waals surface area contributed by atoms with E-state index in [1.165, 1.54) is 32.8 Å². The maximum atomic E-state index is 12.1. The summed E-state index contributed by atoms with van der Waals surface area (Å²) in [6, 6.07) is 21.0. The number of ether oxygens (including phenoxy) is 3. The second-order valence-corrected chi connectivity index (χ2v) is 9.46. The fourth-order valence-corrected chi connectivity index (χ4v) is 3.58. The van der Waals surface area contributed by atoms with Gasteiger partial charge in [-0.3, -0.25) is 14.9 Å². The number of hydrogen-bond acceptors (Lipinski definition) is 8. The molecule has 230 valence electrons. The molecule has 0 fully saturated rings. The van der Waals surface area contributed by atoms with E-state index in [4.69, 9.17) is 25.8 Å². The first-order chi connectivity index (χ1) is 20.7. The quantitative estimate of drug-likeness (QED) is 0.0434. The van der Waals surface area contributed by atoms with E-state index < -0.39 is 5.91 Å². The predicted octanol–water partition coefficient (Wildman–Crippen LogP) is 4.29. The van der Waals surface area contributed by atoms with Crippen molar-refractivity contribution in [1.29, 1.82) is 0 Å². The fraction of sp³-hybridized carbons (Fsp3) is 0.312. The summed E-state index contributed by atoms with van der Waals surface area (Å²) in [6.07, 6.45) is 6.08. The smallest absolute Gasteiger partial charge is 0.343 e. The van der Waals surface area contributed by atoms with Crippen molar-refractivity contribution in [2.45, 2.75) is 46.0 Å². The lowest BCUT2D eigenvalue weighted by molar-refractivity contribution is -0.118. The third-order valence-electron chi connectivity index (χ3n) is 6.01. The van der Waals surface area contributed by atoms with Gasteiger partial charge in [0.05, 0.1) is 25.8 Å². The van der Waals surface area contributed by atoms with Gasteiger partial charge < -0.3 is 31.1 Å². The summed E-state index contributed by atoms with van der Waals surface area (Å²) in [5.74, 6) is 5.34. The lowest BCUT2D eigenvalue weighted by atomic mass is 10.2. The van der Waals surface area contributed by atoms with Crippen LogP contribution in [0.5, 0.6) is 17.2 Å². The van der Waals surface area contributed by atoms with E-state index in [1.54, 1.807) is 48.5 Å². The molecule has 11 nitrogen and oxygen atoms in total. The molecule has 6 N–H and O–H groups in total. The van der Waals surface area contributed by atoms with Gasteiger partial charge in [0.15, 0.2) is 0 Å². The summed E-state index contributed by atoms with van der Waals surface area (Å²) in [7, 11) is 1.53. The van der Waals surface area contributed by atoms with Gasteiger partial charge in [-0.25, -0.2) is 4.79 Å². The number of methoxy groups -OCH3 is 1. The number of guanidine groups is 1. The molecule has 0 aliphatic heterocycles. The van der Waals surface area contributed by atoms with E-state index in [9.17, 15) is 14.4 Å². The second kappa shape index (κ2) is 19.1. The van der Waals surface area contributed by atoms with Crippen LogP contribution in [0.2, 0.25) is 0 Å². The van der Waals surface area contributed by atoms with Gasteiger partial charge in [-0.15, -0.1) is 5.10 Å². The van der Waals surface area contributed by atoms with E-state index in [0.717, 1.165) is 24.3 Å². The Labute approximate surface area is 252 Å². The SMILES string of the molecule is CCCCCCCOc1ccc(C(=O)Oc2ccc(C)cc2)cc1.COc1ccc(C(=O)NCC(=O)N/C(N)=N/N)cc1. The molecule has 3 aromatic carbocycles. The van der Waals surface area contributed by atoms with Gasteiger partial charge in [0.1, 0.15) is 17.2 Å². The Hall–Kier alpha value is -5.06. The van der Waals surface area contributed by atoms with Crippen molar-refractivity contribution in [3.63, 3.8) is 0 Å². The molecular weight excluding hydrogens is 550 g/mol. The molecule has 0 unspecified atom stereocenters. The molecule has 0 atom stereocenters. The number of amides is 2. The van der Waals surface area contributed by atoms with Crippen LogP contribution in [0.1, 0.15) is 65.3 Å². The number of hydrazone groups is 1. The van der Waals surface area contributed by atoms with Crippen LogP contribution in [0.25, 0.3) is 0 Å². The molecule has 3 aromatic rings. The van der Waals surface area contributed by atoms with E-state index in [1.807, 2.05) is 31.2 Å². The minimum absolute atomic E-state index is 0.219. The second-order valence-electron chi connectivity index (χ2n) is 9.46. The predicted molar refractivity (Wildman–Crippen MR) is 166 cm³/mol. The van der Waals surface area contributed by atoms with Crippen molar-refractivity contribution < 1.29 is 28.6 Å². The lowest BCUT2D eigenvalue weighted by Crippen LogP contribution is -2.43. The van der Waals surface area contributed by atoms with Gasteiger partial charge in [-0.05, 0) is 74.0 Å². The summed E-state index contributed by atoms with van der Waals surface area (Å²) in [5.41, 5.74) is 7.25. The molecular formula is C32H41N5O6. The standard InChI is InChI=1S/C21H26O3.C11H15N5O3/c1-3-4-5-6-7-16-23-19-14-10-18(11-15-19)21(22)24-20-12-8-17(2)9-13-20;1-19-8-4-2-7(3-5-8)10(18)14-6-9(17)15-11(12)16-13/h8-15H,3-7,16H2,1-2H3;2-5H,6,13H2,1H3,(H,14,18)(H3,12,15,16,17). The minimum Gasteiger partial charge on any atom is -0.497 e. The molecule has 0 saturated carbocycles. The Morgan fingerprint density at radius 1 is 0.791 bits per heavy atom. The van der Waals surface area contributed by atoms with Crippen LogP contribution in [0.3, 0.4) is 0 Å². The maximum absolute atomic E-state index is 12.1. The van der Waals surface area contributed by atoms with E-state index in [2.05, 4.69) is 22.7 Å². The third kappa shape index (κ3) is 13.4. The van der Waals surface area contributed by atoms with Crippen molar-refractivity contribution in [1.82, 2.24) is 10.6 Å². The Kier molecular flexibility index (Phi) is 15.2. The topological polar surface area (TPSA) is 167 Å². The molecule has 11 heteroatoms. The molecule has 0 aliphatic rings. The number of carbonyl (C=O) groups excluding carboxylic acids is 3. The number of nitrogens with zero attached hydrogens (tertiary/aromatic N) is 1. The molecule has 0 aromatic heterocycles. The van der Waals surface area contributed by atoms with E-state index in [-0.39, 0.29) is 24.4 Å². The Morgan fingerprint density at radius 2 is 1.37 bits per heavy atom. The maximum Gasteiger partial charge on any atom is 0.343 e. The van der Waals surface area contributed by atoms with Crippen LogP contribution >= 0.6 is 0 Å². The molecule has 0 spiro atoms. The number of aryl methyl sites for hydroxylation is 1. The lowest BCUT2D eigenvalue weighted by Gasteiger charge is -2.08. The van der Waals surface area contributed by atoms with Gasteiger partial charge in [0, 0.05) is 5.56 Å². The Morgan fingerprint density at radius 3 is 1.98 bits per heavy atom.